The molecule has 2 atom stereocenters. The number of H-pyrrole nitrogens is 1. The summed E-state index contributed by atoms with van der Waals surface area (Å²) in [5.41, 5.74) is 1.26. The maximum atomic E-state index is 5.15. The Bertz CT molecular complexity index is 482. The molecule has 0 bridgehead atoms. The Hall–Kier alpha value is -1.95. The third-order valence-corrected chi connectivity index (χ3v) is 2.98. The number of tetrazole rings is 1. The van der Waals surface area contributed by atoms with Crippen LogP contribution < -0.4 is 10.1 Å². The van der Waals surface area contributed by atoms with Crippen LogP contribution in [0, 0.1) is 0 Å². The van der Waals surface area contributed by atoms with Crippen molar-refractivity contribution < 1.29 is 4.74 Å². The topological polar surface area (TPSA) is 75.7 Å². The molecule has 1 aromatic heterocycles. The minimum Gasteiger partial charge on any atom is -0.497 e. The molecule has 19 heavy (non-hydrogen) atoms. The number of hydrogen-bond donors (Lipinski definition) is 2. The summed E-state index contributed by atoms with van der Waals surface area (Å²) in [5.74, 6) is 1.56. The maximum Gasteiger partial charge on any atom is 0.191 e. The maximum absolute atomic E-state index is 5.15. The second-order valence-corrected chi connectivity index (χ2v) is 4.61. The van der Waals surface area contributed by atoms with E-state index in [-0.39, 0.29) is 6.04 Å². The minimum atomic E-state index is 0.0759. The molecule has 0 saturated heterocycles. The Balaban J connectivity index is 1.88. The highest BCUT2D eigenvalue weighted by Gasteiger charge is 2.13. The Morgan fingerprint density at radius 2 is 2.00 bits per heavy atom. The van der Waals surface area contributed by atoms with Crippen molar-refractivity contribution >= 4 is 0 Å². The predicted molar refractivity (Wildman–Crippen MR) is 71.9 cm³/mol. The van der Waals surface area contributed by atoms with Crippen LogP contribution in [-0.2, 0) is 6.42 Å². The highest BCUT2D eigenvalue weighted by atomic mass is 16.5. The van der Waals surface area contributed by atoms with E-state index in [0.29, 0.717) is 11.9 Å². The van der Waals surface area contributed by atoms with Crippen molar-refractivity contribution in [1.82, 2.24) is 25.9 Å². The van der Waals surface area contributed by atoms with Crippen LogP contribution in [-0.4, -0.2) is 33.8 Å². The number of methoxy groups -OCH3 is 1. The van der Waals surface area contributed by atoms with Gasteiger partial charge in [-0.25, -0.2) is 0 Å². The molecule has 1 aromatic carbocycles. The number of hydrogen-bond acceptors (Lipinski definition) is 5. The Labute approximate surface area is 112 Å². The lowest BCUT2D eigenvalue weighted by Crippen LogP contribution is -2.31. The molecular weight excluding hydrogens is 242 g/mol. The van der Waals surface area contributed by atoms with Crippen molar-refractivity contribution in [3.63, 3.8) is 0 Å². The standard InChI is InChI=1S/C13H19N5O/c1-9(14-10(2)13-15-17-18-16-13)8-11-4-6-12(19-3)7-5-11/h4-7,9-10,14H,8H2,1-3H3,(H,15,16,17,18). The van der Waals surface area contributed by atoms with Crippen LogP contribution in [0.4, 0.5) is 0 Å². The van der Waals surface area contributed by atoms with Crippen LogP contribution in [0.15, 0.2) is 24.3 Å². The molecule has 0 aliphatic carbocycles. The van der Waals surface area contributed by atoms with Crippen molar-refractivity contribution in [3.05, 3.63) is 35.7 Å². The lowest BCUT2D eigenvalue weighted by Gasteiger charge is -2.17. The molecule has 2 rings (SSSR count). The van der Waals surface area contributed by atoms with E-state index < -0.39 is 0 Å². The van der Waals surface area contributed by atoms with Gasteiger partial charge in [-0.2, -0.15) is 5.21 Å². The molecule has 2 aromatic rings. The monoisotopic (exact) mass is 261 g/mol. The molecule has 0 spiro atoms. The van der Waals surface area contributed by atoms with Crippen molar-refractivity contribution in [3.8, 4) is 5.75 Å². The SMILES string of the molecule is COc1ccc(CC(C)NC(C)c2nn[nH]n2)cc1. The van der Waals surface area contributed by atoms with Crippen LogP contribution in [0.3, 0.4) is 0 Å². The summed E-state index contributed by atoms with van der Waals surface area (Å²) in [6.45, 7) is 4.16. The largest absolute Gasteiger partial charge is 0.497 e. The zero-order valence-corrected chi connectivity index (χ0v) is 11.4. The van der Waals surface area contributed by atoms with E-state index >= 15 is 0 Å². The normalized spacial score (nSPS) is 14.1. The van der Waals surface area contributed by atoms with Gasteiger partial charge in [0.1, 0.15) is 5.75 Å². The molecule has 0 aliphatic heterocycles. The average molecular weight is 261 g/mol. The second kappa shape index (κ2) is 6.29. The van der Waals surface area contributed by atoms with E-state index in [2.05, 4.69) is 45.0 Å². The molecule has 6 nitrogen and oxygen atoms in total. The van der Waals surface area contributed by atoms with E-state index in [9.17, 15) is 0 Å². The molecule has 0 amide bonds. The number of nitrogens with zero attached hydrogens (tertiary/aromatic N) is 3. The number of aromatic nitrogens is 4. The summed E-state index contributed by atoms with van der Waals surface area (Å²) in [5, 5.41) is 17.4. The minimum absolute atomic E-state index is 0.0759. The number of rotatable bonds is 6. The van der Waals surface area contributed by atoms with Gasteiger partial charge in [0.25, 0.3) is 0 Å². The van der Waals surface area contributed by atoms with Crippen LogP contribution in [0.1, 0.15) is 31.3 Å². The lowest BCUT2D eigenvalue weighted by atomic mass is 10.1. The molecular formula is C13H19N5O. The summed E-state index contributed by atoms with van der Waals surface area (Å²) < 4.78 is 5.15. The zero-order valence-electron chi connectivity index (χ0n) is 11.4. The number of benzene rings is 1. The van der Waals surface area contributed by atoms with E-state index in [1.165, 1.54) is 5.56 Å². The van der Waals surface area contributed by atoms with Gasteiger partial charge in [-0.1, -0.05) is 17.3 Å². The van der Waals surface area contributed by atoms with Crippen molar-refractivity contribution in [1.29, 1.82) is 0 Å². The Morgan fingerprint density at radius 1 is 1.26 bits per heavy atom. The molecule has 2 N–H and O–H groups in total. The third kappa shape index (κ3) is 3.75. The van der Waals surface area contributed by atoms with Crippen molar-refractivity contribution in [2.45, 2.75) is 32.4 Å². The van der Waals surface area contributed by atoms with E-state index in [1.54, 1.807) is 7.11 Å². The van der Waals surface area contributed by atoms with Gasteiger partial charge in [0.15, 0.2) is 5.82 Å². The Kier molecular flexibility index (Phi) is 4.46. The first-order valence-corrected chi connectivity index (χ1v) is 6.31. The molecule has 1 heterocycles. The van der Waals surface area contributed by atoms with Crippen molar-refractivity contribution in [2.24, 2.45) is 0 Å². The smallest absolute Gasteiger partial charge is 0.191 e. The van der Waals surface area contributed by atoms with E-state index in [1.807, 2.05) is 19.1 Å². The van der Waals surface area contributed by atoms with Gasteiger partial charge in [-0.15, -0.1) is 10.2 Å². The average Bonchev–Trinajstić information content (AvgIpc) is 2.93. The summed E-state index contributed by atoms with van der Waals surface area (Å²) in [7, 11) is 1.67. The van der Waals surface area contributed by atoms with Crippen LogP contribution in [0.2, 0.25) is 0 Å². The molecule has 0 fully saturated rings. The van der Waals surface area contributed by atoms with Crippen LogP contribution in [0.25, 0.3) is 0 Å². The van der Waals surface area contributed by atoms with Gasteiger partial charge >= 0.3 is 0 Å². The molecule has 2 unspecified atom stereocenters. The van der Waals surface area contributed by atoms with Gasteiger partial charge in [-0.05, 0) is 38.0 Å². The Morgan fingerprint density at radius 3 is 2.58 bits per heavy atom. The fourth-order valence-corrected chi connectivity index (χ4v) is 2.03. The number of ether oxygens (including phenoxy) is 1. The molecule has 0 radical (unpaired) electrons. The molecule has 102 valence electrons. The van der Waals surface area contributed by atoms with Gasteiger partial charge in [0, 0.05) is 6.04 Å². The molecule has 0 saturated carbocycles. The fourth-order valence-electron chi connectivity index (χ4n) is 2.03. The number of aromatic amines is 1. The van der Waals surface area contributed by atoms with Gasteiger partial charge in [-0.3, -0.25) is 0 Å². The lowest BCUT2D eigenvalue weighted by molar-refractivity contribution is 0.414. The van der Waals surface area contributed by atoms with E-state index in [4.69, 9.17) is 4.74 Å². The van der Waals surface area contributed by atoms with Crippen LogP contribution >= 0.6 is 0 Å². The fraction of sp³-hybridized carbons (Fsp3) is 0.462. The van der Waals surface area contributed by atoms with E-state index in [0.717, 1.165) is 12.2 Å². The first kappa shape index (κ1) is 13.5. The third-order valence-electron chi connectivity index (χ3n) is 2.98. The second-order valence-electron chi connectivity index (χ2n) is 4.61. The van der Waals surface area contributed by atoms with Gasteiger partial charge < -0.3 is 10.1 Å². The summed E-state index contributed by atoms with van der Waals surface area (Å²) >= 11 is 0. The molecule has 6 heteroatoms. The quantitative estimate of drug-likeness (QED) is 0.824. The predicted octanol–water partition coefficient (Wildman–Crippen LogP) is 1.49. The van der Waals surface area contributed by atoms with Gasteiger partial charge in [0.2, 0.25) is 0 Å². The first-order valence-electron chi connectivity index (χ1n) is 6.31. The van der Waals surface area contributed by atoms with Crippen LogP contribution in [0.5, 0.6) is 5.75 Å². The summed E-state index contributed by atoms with van der Waals surface area (Å²) in [6.07, 6.45) is 0.937. The number of nitrogens with one attached hydrogen (secondary N) is 2. The first-order chi connectivity index (χ1) is 9.19. The zero-order chi connectivity index (χ0) is 13.7. The highest BCUT2D eigenvalue weighted by molar-refractivity contribution is 5.27. The summed E-state index contributed by atoms with van der Waals surface area (Å²) in [4.78, 5) is 0. The van der Waals surface area contributed by atoms with Crippen molar-refractivity contribution in [2.75, 3.05) is 7.11 Å². The van der Waals surface area contributed by atoms with Gasteiger partial charge in [0.05, 0.1) is 13.2 Å². The molecule has 0 aliphatic rings. The highest BCUT2D eigenvalue weighted by Crippen LogP contribution is 2.13. The summed E-state index contributed by atoms with van der Waals surface area (Å²) in [6, 6.07) is 8.51.